The van der Waals surface area contributed by atoms with Crippen LogP contribution >= 0.6 is 0 Å². The van der Waals surface area contributed by atoms with Crippen LogP contribution in [0.5, 0.6) is 0 Å². The lowest BCUT2D eigenvalue weighted by atomic mass is 9.79. The van der Waals surface area contributed by atoms with Crippen LogP contribution in [0.15, 0.2) is 65.6 Å². The van der Waals surface area contributed by atoms with Crippen LogP contribution in [0.3, 0.4) is 0 Å². The fourth-order valence-corrected chi connectivity index (χ4v) is 8.05. The van der Waals surface area contributed by atoms with Gasteiger partial charge in [0.05, 0.1) is 22.6 Å². The molecular formula is C37H43F2N3O5S. The fourth-order valence-electron chi connectivity index (χ4n) is 6.51. The average molecular weight is 680 g/mol. The molecule has 3 aromatic carbocycles. The predicted octanol–water partition coefficient (Wildman–Crippen LogP) is 6.30. The minimum Gasteiger partial charge on any atom is -0.392 e. The molecule has 11 heteroatoms. The Hall–Kier alpha value is -3.98. The van der Waals surface area contributed by atoms with E-state index in [-0.39, 0.29) is 48.1 Å². The summed E-state index contributed by atoms with van der Waals surface area (Å²) in [6, 6.07) is 15.6. The molecule has 0 spiro atoms. The fraction of sp³-hybridized carbons (Fsp3) is 0.432. The first-order valence-electron chi connectivity index (χ1n) is 16.4. The first kappa shape index (κ1) is 36.8. The number of carbonyl (C=O) groups excluding carboxylic acids is 2. The second kappa shape index (κ2) is 16.4. The number of aliphatic hydroxyl groups is 1. The van der Waals surface area contributed by atoms with Gasteiger partial charge in [-0.05, 0) is 117 Å². The van der Waals surface area contributed by atoms with Gasteiger partial charge in [0.1, 0.15) is 11.6 Å². The third kappa shape index (κ3) is 9.13. The number of benzene rings is 3. The Balaban J connectivity index is 1.61. The van der Waals surface area contributed by atoms with E-state index in [1.165, 1.54) is 28.6 Å². The van der Waals surface area contributed by atoms with Crippen molar-refractivity contribution >= 4 is 21.7 Å². The highest BCUT2D eigenvalue weighted by atomic mass is 32.2. The average Bonchev–Trinajstić information content (AvgIpc) is 3.06. The van der Waals surface area contributed by atoms with Crippen LogP contribution in [0.4, 0.5) is 8.78 Å². The molecule has 0 saturated carbocycles. The summed E-state index contributed by atoms with van der Waals surface area (Å²) in [4.78, 5) is 29.0. The van der Waals surface area contributed by atoms with Gasteiger partial charge in [0, 0.05) is 49.8 Å². The van der Waals surface area contributed by atoms with E-state index < -0.39 is 39.6 Å². The topological polar surface area (TPSA) is 119 Å². The van der Waals surface area contributed by atoms with Crippen LogP contribution in [0, 0.1) is 41.7 Å². The Morgan fingerprint density at radius 1 is 1.00 bits per heavy atom. The molecule has 0 aromatic heterocycles. The van der Waals surface area contributed by atoms with Crippen molar-refractivity contribution in [3.05, 3.63) is 100 Å². The molecule has 1 heterocycles. The van der Waals surface area contributed by atoms with E-state index in [9.17, 15) is 31.9 Å². The number of aliphatic hydroxyl groups excluding tert-OH is 1. The number of amides is 1. The van der Waals surface area contributed by atoms with Gasteiger partial charge in [0.25, 0.3) is 5.91 Å². The molecule has 1 aliphatic rings. The molecule has 1 fully saturated rings. The van der Waals surface area contributed by atoms with Crippen LogP contribution in [-0.2, 0) is 16.4 Å². The highest BCUT2D eigenvalue weighted by Crippen LogP contribution is 2.32. The summed E-state index contributed by atoms with van der Waals surface area (Å²) in [7, 11) is -3.94. The number of rotatable bonds is 14. The number of hydrogen-bond donors (Lipinski definition) is 1. The molecule has 1 amide bonds. The standard InChI is InChI=1S/C37H43F2N3O5S/c1-4-12-41(13-5-2)37(45)31-16-25(3)15-29(20-31)35(43)21-30(17-27-18-32(38)22-33(39)19-27)36(44)28-7-6-14-42(24-28)48(46,47)34-10-8-26(23-40)9-11-34/h8-11,15-16,18-20,22,28,30,36,44H,4-7,12-14,17,21,24H2,1-3H3/t28?,30?,36-/m1/s1. The van der Waals surface area contributed by atoms with E-state index in [4.69, 9.17) is 5.26 Å². The van der Waals surface area contributed by atoms with Gasteiger partial charge >= 0.3 is 0 Å². The molecule has 1 N–H and O–H groups in total. The number of sulfonamides is 1. The first-order valence-corrected chi connectivity index (χ1v) is 17.9. The third-order valence-corrected chi connectivity index (χ3v) is 10.7. The molecule has 3 atom stereocenters. The second-order valence-electron chi connectivity index (χ2n) is 12.6. The monoisotopic (exact) mass is 679 g/mol. The smallest absolute Gasteiger partial charge is 0.253 e. The Kier molecular flexibility index (Phi) is 12.6. The summed E-state index contributed by atoms with van der Waals surface area (Å²) in [5.41, 5.74) is 1.99. The minimum atomic E-state index is -3.94. The molecule has 0 radical (unpaired) electrons. The number of aryl methyl sites for hydroxylation is 1. The highest BCUT2D eigenvalue weighted by Gasteiger charge is 2.37. The lowest BCUT2D eigenvalue weighted by Gasteiger charge is -2.37. The van der Waals surface area contributed by atoms with Gasteiger partial charge in [-0.15, -0.1) is 0 Å². The maximum absolute atomic E-state index is 14.2. The van der Waals surface area contributed by atoms with Crippen LogP contribution in [0.25, 0.3) is 0 Å². The maximum atomic E-state index is 14.2. The second-order valence-corrected chi connectivity index (χ2v) is 14.6. The van der Waals surface area contributed by atoms with Crippen LogP contribution in [0.2, 0.25) is 0 Å². The molecule has 3 aromatic rings. The number of carbonyl (C=O) groups is 2. The largest absolute Gasteiger partial charge is 0.392 e. The van der Waals surface area contributed by atoms with E-state index in [1.54, 1.807) is 30.0 Å². The summed E-state index contributed by atoms with van der Waals surface area (Å²) < 4.78 is 56.7. The van der Waals surface area contributed by atoms with Gasteiger partial charge in [0.2, 0.25) is 10.0 Å². The van der Waals surface area contributed by atoms with Crippen molar-refractivity contribution in [3.8, 4) is 6.07 Å². The predicted molar refractivity (Wildman–Crippen MR) is 179 cm³/mol. The molecule has 256 valence electrons. The number of nitriles is 1. The number of halogens is 2. The summed E-state index contributed by atoms with van der Waals surface area (Å²) in [6.45, 7) is 7.17. The van der Waals surface area contributed by atoms with E-state index in [2.05, 4.69) is 0 Å². The summed E-state index contributed by atoms with van der Waals surface area (Å²) >= 11 is 0. The van der Waals surface area contributed by atoms with Crippen molar-refractivity contribution in [1.29, 1.82) is 5.26 Å². The minimum absolute atomic E-state index is 0.0144. The zero-order chi connectivity index (χ0) is 35.0. The van der Waals surface area contributed by atoms with Crippen LogP contribution < -0.4 is 0 Å². The SMILES string of the molecule is CCCN(CCC)C(=O)c1cc(C)cc(C(=O)CC(Cc2cc(F)cc(F)c2)[C@H](O)C2CCCN(S(=O)(=O)c3ccc(C#N)cc3)C2)c1. The maximum Gasteiger partial charge on any atom is 0.253 e. The Morgan fingerprint density at radius 2 is 1.62 bits per heavy atom. The summed E-state index contributed by atoms with van der Waals surface area (Å²) in [6.07, 6.45) is 1.11. The van der Waals surface area contributed by atoms with Crippen molar-refractivity contribution in [2.24, 2.45) is 11.8 Å². The number of Topliss-reactive ketones (excluding diaryl/α,β-unsaturated/α-hetero) is 1. The molecule has 0 aliphatic carbocycles. The lowest BCUT2D eigenvalue weighted by molar-refractivity contribution is 0.0231. The zero-order valence-corrected chi connectivity index (χ0v) is 28.5. The van der Waals surface area contributed by atoms with Crippen LogP contribution in [0.1, 0.15) is 83.4 Å². The van der Waals surface area contributed by atoms with Gasteiger partial charge in [0.15, 0.2) is 5.78 Å². The van der Waals surface area contributed by atoms with E-state index in [0.29, 0.717) is 42.6 Å². The molecule has 2 unspecified atom stereocenters. The zero-order valence-electron chi connectivity index (χ0n) is 27.7. The number of piperidine rings is 1. The molecule has 1 saturated heterocycles. The van der Waals surface area contributed by atoms with Crippen molar-refractivity contribution in [2.45, 2.75) is 70.3 Å². The number of ketones is 1. The first-order chi connectivity index (χ1) is 22.9. The van der Waals surface area contributed by atoms with E-state index >= 15 is 0 Å². The number of hydrogen-bond acceptors (Lipinski definition) is 6. The Bertz CT molecular complexity index is 1730. The van der Waals surface area contributed by atoms with Gasteiger partial charge < -0.3 is 10.0 Å². The van der Waals surface area contributed by atoms with Gasteiger partial charge in [-0.1, -0.05) is 13.8 Å². The molecule has 48 heavy (non-hydrogen) atoms. The third-order valence-electron chi connectivity index (χ3n) is 8.80. The Morgan fingerprint density at radius 3 is 2.23 bits per heavy atom. The lowest BCUT2D eigenvalue weighted by Crippen LogP contribution is -2.46. The molecular weight excluding hydrogens is 636 g/mol. The van der Waals surface area contributed by atoms with Crippen molar-refractivity contribution < 1.29 is 31.9 Å². The molecule has 1 aliphatic heterocycles. The Labute approximate surface area is 282 Å². The summed E-state index contributed by atoms with van der Waals surface area (Å²) in [5.74, 6) is -3.45. The van der Waals surface area contributed by atoms with Crippen molar-refractivity contribution in [1.82, 2.24) is 9.21 Å². The van der Waals surface area contributed by atoms with E-state index in [0.717, 1.165) is 36.6 Å². The summed E-state index contributed by atoms with van der Waals surface area (Å²) in [5, 5.41) is 20.9. The van der Waals surface area contributed by atoms with Gasteiger partial charge in [-0.3, -0.25) is 9.59 Å². The molecule has 0 bridgehead atoms. The normalized spacial score (nSPS) is 16.6. The van der Waals surface area contributed by atoms with Gasteiger partial charge in [-0.2, -0.15) is 9.57 Å². The van der Waals surface area contributed by atoms with Crippen molar-refractivity contribution in [2.75, 3.05) is 26.2 Å². The molecule has 8 nitrogen and oxygen atoms in total. The molecule has 4 rings (SSSR count). The quantitative estimate of drug-likeness (QED) is 0.200. The van der Waals surface area contributed by atoms with Crippen molar-refractivity contribution in [3.63, 3.8) is 0 Å². The number of nitrogens with zero attached hydrogens (tertiary/aromatic N) is 3. The highest BCUT2D eigenvalue weighted by molar-refractivity contribution is 7.89. The van der Waals surface area contributed by atoms with E-state index in [1.807, 2.05) is 19.9 Å². The van der Waals surface area contributed by atoms with Crippen LogP contribution in [-0.4, -0.2) is 66.7 Å². The van der Waals surface area contributed by atoms with Gasteiger partial charge in [-0.25, -0.2) is 17.2 Å².